The Balaban J connectivity index is 2.74. The van der Waals surface area contributed by atoms with E-state index in [2.05, 4.69) is 25.9 Å². The van der Waals surface area contributed by atoms with Gasteiger partial charge in [0.15, 0.2) is 0 Å². The Bertz CT molecular complexity index is 325. The van der Waals surface area contributed by atoms with Gasteiger partial charge in [-0.2, -0.15) is 0 Å². The lowest BCUT2D eigenvalue weighted by Gasteiger charge is -2.12. The molecule has 0 fully saturated rings. The molecule has 1 unspecified atom stereocenters. The second kappa shape index (κ2) is 4.26. The lowest BCUT2D eigenvalue weighted by atomic mass is 9.92. The molecule has 1 heterocycles. The first-order chi connectivity index (χ1) is 6.43. The van der Waals surface area contributed by atoms with E-state index < -0.39 is 10.8 Å². The molecule has 0 N–H and O–H groups in total. The number of hydrogen-bond acceptors (Lipinski definition) is 3. The van der Waals surface area contributed by atoms with Crippen LogP contribution in [0.4, 0.5) is 0 Å². The average Bonchev–Trinajstić information content (AvgIpc) is 2.51. The first-order valence-electron chi connectivity index (χ1n) is 4.74. The number of rotatable bonds is 3. The number of hydrogen-bond donors (Lipinski definition) is 0. The third-order valence-electron chi connectivity index (χ3n) is 1.95. The fraction of sp³-hybridized carbons (Fsp3) is 0.700. The molecule has 1 atom stereocenters. The first kappa shape index (κ1) is 11.4. The lowest BCUT2D eigenvalue weighted by molar-refractivity contribution is 0.373. The molecule has 0 saturated heterocycles. The van der Waals surface area contributed by atoms with Crippen molar-refractivity contribution in [1.29, 1.82) is 0 Å². The van der Waals surface area contributed by atoms with Gasteiger partial charge in [0.1, 0.15) is 5.76 Å². The molecule has 1 aromatic rings. The minimum atomic E-state index is -0.825. The molecule has 4 heteroatoms. The standard InChI is InChI=1S/C10H17NO2S/c1-5-14(12)7-8-6-9(11-13-8)10(2,3)4/h6H,5,7H2,1-4H3. The first-order valence-corrected chi connectivity index (χ1v) is 6.23. The van der Waals surface area contributed by atoms with E-state index in [0.29, 0.717) is 11.5 Å². The maximum atomic E-state index is 11.3. The van der Waals surface area contributed by atoms with Gasteiger partial charge < -0.3 is 4.52 Å². The van der Waals surface area contributed by atoms with E-state index >= 15 is 0 Å². The molecule has 1 aromatic heterocycles. The predicted molar refractivity (Wildman–Crippen MR) is 57.6 cm³/mol. The topological polar surface area (TPSA) is 43.1 Å². The fourth-order valence-corrected chi connectivity index (χ4v) is 1.65. The van der Waals surface area contributed by atoms with Crippen molar-refractivity contribution in [3.8, 4) is 0 Å². The summed E-state index contributed by atoms with van der Waals surface area (Å²) in [5, 5.41) is 3.97. The van der Waals surface area contributed by atoms with Crippen molar-refractivity contribution >= 4 is 10.8 Å². The summed E-state index contributed by atoms with van der Waals surface area (Å²) in [7, 11) is -0.825. The summed E-state index contributed by atoms with van der Waals surface area (Å²) in [6, 6.07) is 1.90. The smallest absolute Gasteiger partial charge is 0.149 e. The van der Waals surface area contributed by atoms with Gasteiger partial charge in [-0.25, -0.2) is 0 Å². The molecule has 0 aliphatic carbocycles. The minimum absolute atomic E-state index is 0.00451. The van der Waals surface area contributed by atoms with E-state index in [9.17, 15) is 4.21 Å². The molecule has 0 aliphatic heterocycles. The molecular weight excluding hydrogens is 198 g/mol. The van der Waals surface area contributed by atoms with Crippen LogP contribution in [0.3, 0.4) is 0 Å². The van der Waals surface area contributed by atoms with Crippen LogP contribution in [0, 0.1) is 0 Å². The van der Waals surface area contributed by atoms with Crippen LogP contribution in [-0.2, 0) is 22.0 Å². The van der Waals surface area contributed by atoms with E-state index in [-0.39, 0.29) is 5.41 Å². The highest BCUT2D eigenvalue weighted by Gasteiger charge is 2.19. The van der Waals surface area contributed by atoms with E-state index in [0.717, 1.165) is 11.5 Å². The third-order valence-corrected chi connectivity index (χ3v) is 3.20. The highest BCUT2D eigenvalue weighted by atomic mass is 32.2. The number of aromatic nitrogens is 1. The molecule has 3 nitrogen and oxygen atoms in total. The van der Waals surface area contributed by atoms with Crippen LogP contribution in [0.15, 0.2) is 10.6 Å². The molecule has 0 spiro atoms. The molecule has 80 valence electrons. The van der Waals surface area contributed by atoms with Crippen LogP contribution < -0.4 is 0 Å². The van der Waals surface area contributed by atoms with Gasteiger partial charge in [-0.05, 0) is 0 Å². The van der Waals surface area contributed by atoms with Crippen molar-refractivity contribution in [2.24, 2.45) is 0 Å². The maximum absolute atomic E-state index is 11.3. The molecule has 0 aliphatic rings. The quantitative estimate of drug-likeness (QED) is 0.776. The van der Waals surface area contributed by atoms with E-state index in [1.807, 2.05) is 13.0 Å². The highest BCUT2D eigenvalue weighted by Crippen LogP contribution is 2.21. The van der Waals surface area contributed by atoms with Gasteiger partial charge in [0.2, 0.25) is 0 Å². The van der Waals surface area contributed by atoms with Crippen molar-refractivity contribution < 1.29 is 8.73 Å². The van der Waals surface area contributed by atoms with E-state index in [1.165, 1.54) is 0 Å². The zero-order valence-corrected chi connectivity index (χ0v) is 9.98. The second-order valence-corrected chi connectivity index (χ2v) is 6.05. The maximum Gasteiger partial charge on any atom is 0.149 e. The SMILES string of the molecule is CCS(=O)Cc1cc(C(C)(C)C)no1. The molecule has 0 saturated carbocycles. The van der Waals surface area contributed by atoms with Gasteiger partial charge in [0.05, 0.1) is 11.4 Å². The summed E-state index contributed by atoms with van der Waals surface area (Å²) in [4.78, 5) is 0. The van der Waals surface area contributed by atoms with Gasteiger partial charge in [-0.1, -0.05) is 32.9 Å². The Morgan fingerprint density at radius 1 is 1.50 bits per heavy atom. The molecule has 14 heavy (non-hydrogen) atoms. The Morgan fingerprint density at radius 2 is 2.14 bits per heavy atom. The Hall–Kier alpha value is -0.640. The number of nitrogens with zero attached hydrogens (tertiary/aromatic N) is 1. The molecule has 1 rings (SSSR count). The second-order valence-electron chi connectivity index (χ2n) is 4.30. The molecule has 0 aromatic carbocycles. The average molecular weight is 215 g/mol. The predicted octanol–water partition coefficient (Wildman–Crippen LogP) is 2.24. The highest BCUT2D eigenvalue weighted by molar-refractivity contribution is 7.84. The van der Waals surface area contributed by atoms with Crippen LogP contribution in [0.2, 0.25) is 0 Å². The monoisotopic (exact) mass is 215 g/mol. The van der Waals surface area contributed by atoms with Gasteiger partial charge >= 0.3 is 0 Å². The van der Waals surface area contributed by atoms with E-state index in [1.54, 1.807) is 0 Å². The Morgan fingerprint density at radius 3 is 2.57 bits per heavy atom. The van der Waals surface area contributed by atoms with Crippen LogP contribution in [0.1, 0.15) is 39.1 Å². The molecule has 0 radical (unpaired) electrons. The van der Waals surface area contributed by atoms with Gasteiger partial charge in [0.25, 0.3) is 0 Å². The van der Waals surface area contributed by atoms with Crippen molar-refractivity contribution in [3.63, 3.8) is 0 Å². The van der Waals surface area contributed by atoms with E-state index in [4.69, 9.17) is 4.52 Å². The normalized spacial score (nSPS) is 14.3. The lowest BCUT2D eigenvalue weighted by Crippen LogP contribution is -2.11. The summed E-state index contributed by atoms with van der Waals surface area (Å²) in [6.45, 7) is 8.12. The van der Waals surface area contributed by atoms with Crippen molar-refractivity contribution in [3.05, 3.63) is 17.5 Å². The summed E-state index contributed by atoms with van der Waals surface area (Å²) < 4.78 is 16.4. The summed E-state index contributed by atoms with van der Waals surface area (Å²) in [5.74, 6) is 1.85. The summed E-state index contributed by atoms with van der Waals surface area (Å²) >= 11 is 0. The zero-order valence-electron chi connectivity index (χ0n) is 9.16. The van der Waals surface area contributed by atoms with Crippen molar-refractivity contribution in [2.75, 3.05) is 5.75 Å². The van der Waals surface area contributed by atoms with Gasteiger partial charge in [-0.15, -0.1) is 0 Å². The zero-order chi connectivity index (χ0) is 10.8. The van der Waals surface area contributed by atoms with Crippen LogP contribution >= 0.6 is 0 Å². The summed E-state index contributed by atoms with van der Waals surface area (Å²) in [5.41, 5.74) is 0.913. The molecular formula is C10H17NO2S. The van der Waals surface area contributed by atoms with Gasteiger partial charge in [-0.3, -0.25) is 4.21 Å². The Labute approximate surface area is 87.3 Å². The van der Waals surface area contributed by atoms with Crippen molar-refractivity contribution in [2.45, 2.75) is 38.9 Å². The summed E-state index contributed by atoms with van der Waals surface area (Å²) in [6.07, 6.45) is 0. The largest absolute Gasteiger partial charge is 0.360 e. The van der Waals surface area contributed by atoms with Crippen molar-refractivity contribution in [1.82, 2.24) is 5.16 Å². The Kier molecular flexibility index (Phi) is 3.48. The fourth-order valence-electron chi connectivity index (χ4n) is 0.995. The molecule has 0 bridgehead atoms. The van der Waals surface area contributed by atoms with Crippen LogP contribution in [0.25, 0.3) is 0 Å². The minimum Gasteiger partial charge on any atom is -0.360 e. The van der Waals surface area contributed by atoms with Gasteiger partial charge in [0, 0.05) is 28.0 Å². The van der Waals surface area contributed by atoms with Crippen LogP contribution in [-0.4, -0.2) is 15.1 Å². The molecule has 0 amide bonds. The van der Waals surface area contributed by atoms with Crippen LogP contribution in [0.5, 0.6) is 0 Å². The third kappa shape index (κ3) is 2.94.